The van der Waals surface area contributed by atoms with Crippen LogP contribution in [-0.4, -0.2) is 0 Å². The van der Waals surface area contributed by atoms with Crippen molar-refractivity contribution in [1.29, 1.82) is 0 Å². The summed E-state index contributed by atoms with van der Waals surface area (Å²) in [5.74, 6) is 0.142. The number of hydrogen-bond donors (Lipinski definition) is 0. The summed E-state index contributed by atoms with van der Waals surface area (Å²) in [6, 6.07) is 8.83. The molecule has 0 fully saturated rings. The largest absolute Gasteiger partial charge is 0.207 e. The lowest BCUT2D eigenvalue weighted by atomic mass is 9.89. The summed E-state index contributed by atoms with van der Waals surface area (Å²) in [7, 11) is 0. The van der Waals surface area contributed by atoms with Gasteiger partial charge < -0.3 is 0 Å². The minimum absolute atomic E-state index is 0.115. The van der Waals surface area contributed by atoms with Crippen molar-refractivity contribution in [1.82, 2.24) is 0 Å². The van der Waals surface area contributed by atoms with Gasteiger partial charge in [0, 0.05) is 16.6 Å². The monoisotopic (exact) mass is 276 g/mol. The van der Waals surface area contributed by atoms with Gasteiger partial charge in [-0.1, -0.05) is 31.2 Å². The molecule has 1 aliphatic rings. The molecular formula is C16H14F2S. The van der Waals surface area contributed by atoms with Gasteiger partial charge in [-0.05, 0) is 35.2 Å². The number of hydrogen-bond acceptors (Lipinski definition) is 1. The van der Waals surface area contributed by atoms with E-state index in [1.165, 1.54) is 17.8 Å². The van der Waals surface area contributed by atoms with Crippen LogP contribution in [-0.2, 0) is 5.75 Å². The highest BCUT2D eigenvalue weighted by molar-refractivity contribution is 7.98. The maximum atomic E-state index is 14.2. The predicted molar refractivity (Wildman–Crippen MR) is 74.6 cm³/mol. The zero-order valence-electron chi connectivity index (χ0n) is 10.8. The van der Waals surface area contributed by atoms with Gasteiger partial charge in [-0.25, -0.2) is 8.78 Å². The van der Waals surface area contributed by atoms with Gasteiger partial charge in [0.05, 0.1) is 0 Å². The van der Waals surface area contributed by atoms with E-state index in [1.54, 1.807) is 19.1 Å². The molecule has 0 saturated carbocycles. The number of rotatable bonds is 0. The van der Waals surface area contributed by atoms with Crippen molar-refractivity contribution in [2.24, 2.45) is 0 Å². The Kier molecular flexibility index (Phi) is 3.09. The molecule has 98 valence electrons. The molecule has 0 unspecified atom stereocenters. The first-order valence-electron chi connectivity index (χ1n) is 6.28. The standard InChI is InChI=1S/C16H14F2S/c1-9-6-7-12-10(2)14-11(4-3-5-13(14)17)8-19-16(12)15(9)18/h3-7,10H,8H2,1-2H3/t10-/m1/s1. The highest BCUT2D eigenvalue weighted by Crippen LogP contribution is 2.42. The number of halogens is 2. The average molecular weight is 276 g/mol. The summed E-state index contributed by atoms with van der Waals surface area (Å²) in [4.78, 5) is 0.670. The fraction of sp³-hybridized carbons (Fsp3) is 0.250. The van der Waals surface area contributed by atoms with Crippen LogP contribution in [0.5, 0.6) is 0 Å². The quantitative estimate of drug-likeness (QED) is 0.650. The lowest BCUT2D eigenvalue weighted by Crippen LogP contribution is -2.03. The average Bonchev–Trinajstić information content (AvgIpc) is 2.53. The normalized spacial score (nSPS) is 17.6. The Morgan fingerprint density at radius 2 is 1.95 bits per heavy atom. The molecule has 0 spiro atoms. The zero-order chi connectivity index (χ0) is 13.6. The molecule has 3 heteroatoms. The molecule has 2 aromatic carbocycles. The van der Waals surface area contributed by atoms with Crippen LogP contribution in [0.2, 0.25) is 0 Å². The summed E-state index contributed by atoms with van der Waals surface area (Å²) < 4.78 is 28.3. The third-order valence-corrected chi connectivity index (χ3v) is 4.89. The Hall–Kier alpha value is -1.35. The predicted octanol–water partition coefficient (Wildman–Crippen LogP) is 5.03. The van der Waals surface area contributed by atoms with E-state index < -0.39 is 0 Å². The van der Waals surface area contributed by atoms with Crippen molar-refractivity contribution in [3.63, 3.8) is 0 Å². The van der Waals surface area contributed by atoms with Crippen LogP contribution in [0.3, 0.4) is 0 Å². The van der Waals surface area contributed by atoms with Crippen molar-refractivity contribution >= 4 is 11.8 Å². The van der Waals surface area contributed by atoms with Crippen molar-refractivity contribution in [2.45, 2.75) is 30.4 Å². The molecule has 19 heavy (non-hydrogen) atoms. The second-order valence-electron chi connectivity index (χ2n) is 4.94. The Bertz CT molecular complexity index is 649. The summed E-state index contributed by atoms with van der Waals surface area (Å²) >= 11 is 1.46. The lowest BCUT2D eigenvalue weighted by molar-refractivity contribution is 0.579. The van der Waals surface area contributed by atoms with Crippen molar-refractivity contribution in [3.05, 3.63) is 64.2 Å². The second-order valence-corrected chi connectivity index (χ2v) is 5.92. The molecule has 0 radical (unpaired) electrons. The fourth-order valence-electron chi connectivity index (χ4n) is 2.66. The van der Waals surface area contributed by atoms with E-state index in [4.69, 9.17) is 0 Å². The molecule has 1 aliphatic heterocycles. The van der Waals surface area contributed by atoms with Crippen LogP contribution in [0.1, 0.15) is 35.1 Å². The van der Waals surface area contributed by atoms with Crippen molar-refractivity contribution < 1.29 is 8.78 Å². The topological polar surface area (TPSA) is 0 Å². The van der Waals surface area contributed by atoms with Gasteiger partial charge in [0.2, 0.25) is 0 Å². The Labute approximate surface area is 115 Å². The number of fused-ring (bicyclic) bond motifs is 2. The first-order valence-corrected chi connectivity index (χ1v) is 7.27. The molecule has 1 atom stereocenters. The van der Waals surface area contributed by atoms with Gasteiger partial charge in [0.25, 0.3) is 0 Å². The highest BCUT2D eigenvalue weighted by atomic mass is 32.2. The highest BCUT2D eigenvalue weighted by Gasteiger charge is 2.25. The number of aryl methyl sites for hydroxylation is 1. The van der Waals surface area contributed by atoms with Crippen LogP contribution in [0.15, 0.2) is 35.2 Å². The first-order chi connectivity index (χ1) is 9.09. The summed E-state index contributed by atoms with van der Waals surface area (Å²) in [5, 5.41) is 0. The van der Waals surface area contributed by atoms with Crippen molar-refractivity contribution in [2.75, 3.05) is 0 Å². The maximum Gasteiger partial charge on any atom is 0.139 e. The van der Waals surface area contributed by atoms with E-state index in [9.17, 15) is 8.78 Å². The molecule has 0 bridgehead atoms. The number of thioether (sulfide) groups is 1. The molecule has 0 aliphatic carbocycles. The minimum Gasteiger partial charge on any atom is -0.207 e. The van der Waals surface area contributed by atoms with E-state index in [2.05, 4.69) is 0 Å². The number of benzene rings is 2. The van der Waals surface area contributed by atoms with E-state index in [1.807, 2.05) is 19.1 Å². The van der Waals surface area contributed by atoms with E-state index in [-0.39, 0.29) is 17.6 Å². The Balaban J connectivity index is 2.24. The van der Waals surface area contributed by atoms with Crippen LogP contribution < -0.4 is 0 Å². The molecule has 0 saturated heterocycles. The molecule has 0 nitrogen and oxygen atoms in total. The van der Waals surface area contributed by atoms with E-state index in [0.717, 1.165) is 11.1 Å². The summed E-state index contributed by atoms with van der Waals surface area (Å²) in [5.41, 5.74) is 3.20. The molecular weight excluding hydrogens is 262 g/mol. The van der Waals surface area contributed by atoms with Gasteiger partial charge in [-0.15, -0.1) is 11.8 Å². The van der Waals surface area contributed by atoms with Crippen LogP contribution in [0, 0.1) is 18.6 Å². The van der Waals surface area contributed by atoms with Crippen LogP contribution in [0.4, 0.5) is 8.78 Å². The molecule has 0 N–H and O–H groups in total. The smallest absolute Gasteiger partial charge is 0.139 e. The van der Waals surface area contributed by atoms with E-state index >= 15 is 0 Å². The molecule has 1 heterocycles. The first kappa shape index (κ1) is 12.7. The van der Waals surface area contributed by atoms with Gasteiger partial charge in [0.1, 0.15) is 11.6 Å². The minimum atomic E-state index is -0.195. The van der Waals surface area contributed by atoms with Gasteiger partial charge in [-0.3, -0.25) is 0 Å². The summed E-state index contributed by atoms with van der Waals surface area (Å²) in [6.07, 6.45) is 0. The maximum absolute atomic E-state index is 14.2. The van der Waals surface area contributed by atoms with E-state index in [0.29, 0.717) is 21.8 Å². The Morgan fingerprint density at radius 1 is 1.16 bits per heavy atom. The molecule has 3 rings (SSSR count). The van der Waals surface area contributed by atoms with Crippen LogP contribution in [0.25, 0.3) is 0 Å². The zero-order valence-corrected chi connectivity index (χ0v) is 11.7. The summed E-state index contributed by atoms with van der Waals surface area (Å²) in [6.45, 7) is 3.71. The van der Waals surface area contributed by atoms with Gasteiger partial charge in [0.15, 0.2) is 0 Å². The van der Waals surface area contributed by atoms with Gasteiger partial charge >= 0.3 is 0 Å². The Morgan fingerprint density at radius 3 is 2.74 bits per heavy atom. The fourth-order valence-corrected chi connectivity index (χ4v) is 3.91. The molecule has 0 amide bonds. The molecule has 2 aromatic rings. The van der Waals surface area contributed by atoms with Gasteiger partial charge in [-0.2, -0.15) is 0 Å². The molecule has 0 aromatic heterocycles. The third kappa shape index (κ3) is 1.96. The SMILES string of the molecule is Cc1ccc2c(c1F)SCc1cccc(F)c1[C@@H]2C. The van der Waals surface area contributed by atoms with Crippen LogP contribution >= 0.6 is 11.8 Å². The lowest BCUT2D eigenvalue weighted by Gasteiger charge is -2.16. The third-order valence-electron chi connectivity index (χ3n) is 3.74. The van der Waals surface area contributed by atoms with Crippen molar-refractivity contribution in [3.8, 4) is 0 Å². The second kappa shape index (κ2) is 4.64.